The number of nitrogens with two attached hydrogens (primary N) is 1. The van der Waals surface area contributed by atoms with E-state index in [0.717, 1.165) is 0 Å². The Hall–Kier alpha value is -1.13. The Morgan fingerprint density at radius 1 is 1.57 bits per heavy atom. The quantitative estimate of drug-likeness (QED) is 0.767. The Morgan fingerprint density at radius 3 is 2.71 bits per heavy atom. The molecule has 14 heavy (non-hydrogen) atoms. The fourth-order valence-corrected chi connectivity index (χ4v) is 1.32. The molecule has 3 nitrogen and oxygen atoms in total. The summed E-state index contributed by atoms with van der Waals surface area (Å²) in [6, 6.07) is 2.37. The maximum atomic E-state index is 13.2. The number of halogens is 1. The molecule has 1 aromatic rings. The zero-order valence-electron chi connectivity index (χ0n) is 8.25. The van der Waals surface area contributed by atoms with Crippen molar-refractivity contribution < 1.29 is 14.2 Å². The molecule has 1 atom stereocenters. The molecule has 0 amide bonds. The summed E-state index contributed by atoms with van der Waals surface area (Å²) in [5.74, 6) is -0.270. The van der Waals surface area contributed by atoms with Gasteiger partial charge in [-0.1, -0.05) is 0 Å². The number of hydrogen-bond donors (Lipinski definition) is 2. The Kier molecular flexibility index (Phi) is 3.43. The van der Waals surface area contributed by atoms with Gasteiger partial charge in [-0.05, 0) is 30.2 Å². The normalized spacial score (nSPS) is 12.6. The molecule has 0 aliphatic heterocycles. The van der Waals surface area contributed by atoms with Gasteiger partial charge in [0.05, 0.1) is 19.8 Å². The summed E-state index contributed by atoms with van der Waals surface area (Å²) < 4.78 is 18.0. The lowest BCUT2D eigenvalue weighted by molar-refractivity contribution is 0.267. The number of aliphatic hydroxyl groups is 1. The molecular weight excluding hydrogens is 185 g/mol. The van der Waals surface area contributed by atoms with Gasteiger partial charge in [0.25, 0.3) is 0 Å². The first-order chi connectivity index (χ1) is 6.60. The van der Waals surface area contributed by atoms with Crippen molar-refractivity contribution in [3.63, 3.8) is 0 Å². The average Bonchev–Trinajstić information content (AvgIpc) is 2.17. The van der Waals surface area contributed by atoms with E-state index in [4.69, 9.17) is 15.6 Å². The summed E-state index contributed by atoms with van der Waals surface area (Å²) in [5.41, 5.74) is 7.05. The highest BCUT2D eigenvalue weighted by Crippen LogP contribution is 2.25. The molecule has 4 heteroatoms. The van der Waals surface area contributed by atoms with Crippen molar-refractivity contribution in [3.8, 4) is 5.75 Å². The molecule has 0 fully saturated rings. The van der Waals surface area contributed by atoms with Gasteiger partial charge >= 0.3 is 0 Å². The van der Waals surface area contributed by atoms with E-state index in [1.807, 2.05) is 0 Å². The van der Waals surface area contributed by atoms with Crippen molar-refractivity contribution in [3.05, 3.63) is 29.1 Å². The molecule has 3 N–H and O–H groups in total. The van der Waals surface area contributed by atoms with Gasteiger partial charge in [0.1, 0.15) is 0 Å². The van der Waals surface area contributed by atoms with E-state index in [1.54, 1.807) is 6.92 Å². The van der Waals surface area contributed by atoms with Crippen LogP contribution in [0.1, 0.15) is 17.2 Å². The number of aliphatic hydroxyl groups excluding tert-OH is 1. The topological polar surface area (TPSA) is 55.5 Å². The number of benzene rings is 1. The second-order valence-electron chi connectivity index (χ2n) is 3.13. The molecule has 0 bridgehead atoms. The standard InChI is InChI=1S/C10H14FNO2/c1-6-3-8(11)10(14-2)4-7(6)9(12)5-13/h3-4,9,13H,5,12H2,1-2H3. The van der Waals surface area contributed by atoms with Crippen LogP contribution in [-0.4, -0.2) is 18.8 Å². The van der Waals surface area contributed by atoms with Gasteiger partial charge in [-0.15, -0.1) is 0 Å². The Labute approximate surface area is 82.3 Å². The third-order valence-electron chi connectivity index (χ3n) is 2.14. The van der Waals surface area contributed by atoms with E-state index in [9.17, 15) is 4.39 Å². The van der Waals surface area contributed by atoms with Crippen LogP contribution in [-0.2, 0) is 0 Å². The molecule has 0 spiro atoms. The minimum absolute atomic E-state index is 0.148. The predicted molar refractivity (Wildman–Crippen MR) is 51.7 cm³/mol. The zero-order chi connectivity index (χ0) is 10.7. The van der Waals surface area contributed by atoms with Crippen molar-refractivity contribution in [2.45, 2.75) is 13.0 Å². The van der Waals surface area contributed by atoms with Gasteiger partial charge in [0, 0.05) is 0 Å². The van der Waals surface area contributed by atoms with E-state index in [2.05, 4.69) is 0 Å². The van der Waals surface area contributed by atoms with Crippen LogP contribution in [0.3, 0.4) is 0 Å². The van der Waals surface area contributed by atoms with Gasteiger partial charge in [0.15, 0.2) is 11.6 Å². The number of methoxy groups -OCH3 is 1. The van der Waals surface area contributed by atoms with Crippen LogP contribution in [0.25, 0.3) is 0 Å². The molecule has 0 radical (unpaired) electrons. The molecule has 0 saturated heterocycles. The molecule has 0 aromatic heterocycles. The van der Waals surface area contributed by atoms with Crippen LogP contribution in [0, 0.1) is 12.7 Å². The van der Waals surface area contributed by atoms with Crippen LogP contribution in [0.5, 0.6) is 5.75 Å². The van der Waals surface area contributed by atoms with Crippen LogP contribution < -0.4 is 10.5 Å². The first-order valence-electron chi connectivity index (χ1n) is 4.30. The molecular formula is C10H14FNO2. The van der Waals surface area contributed by atoms with Gasteiger partial charge in [-0.2, -0.15) is 0 Å². The van der Waals surface area contributed by atoms with E-state index in [-0.39, 0.29) is 12.4 Å². The van der Waals surface area contributed by atoms with Crippen LogP contribution in [0.2, 0.25) is 0 Å². The van der Waals surface area contributed by atoms with Crippen molar-refractivity contribution in [2.24, 2.45) is 5.73 Å². The first kappa shape index (κ1) is 10.9. The monoisotopic (exact) mass is 199 g/mol. The lowest BCUT2D eigenvalue weighted by atomic mass is 10.0. The second-order valence-corrected chi connectivity index (χ2v) is 3.13. The highest BCUT2D eigenvalue weighted by molar-refractivity contribution is 5.38. The fraction of sp³-hybridized carbons (Fsp3) is 0.400. The maximum absolute atomic E-state index is 13.2. The van der Waals surface area contributed by atoms with Crippen molar-refractivity contribution in [1.82, 2.24) is 0 Å². The highest BCUT2D eigenvalue weighted by atomic mass is 19.1. The smallest absolute Gasteiger partial charge is 0.165 e. The minimum atomic E-state index is -0.496. The number of hydrogen-bond acceptors (Lipinski definition) is 3. The zero-order valence-corrected chi connectivity index (χ0v) is 8.25. The molecule has 78 valence electrons. The average molecular weight is 199 g/mol. The van der Waals surface area contributed by atoms with E-state index >= 15 is 0 Å². The molecule has 1 aromatic carbocycles. The lowest BCUT2D eigenvalue weighted by Gasteiger charge is -2.13. The molecule has 0 aliphatic rings. The maximum Gasteiger partial charge on any atom is 0.165 e. The Balaban J connectivity index is 3.17. The highest BCUT2D eigenvalue weighted by Gasteiger charge is 2.12. The molecule has 1 unspecified atom stereocenters. The molecule has 0 aliphatic carbocycles. The Morgan fingerprint density at radius 2 is 2.21 bits per heavy atom. The summed E-state index contributed by atoms with van der Waals surface area (Å²) in [7, 11) is 1.39. The van der Waals surface area contributed by atoms with E-state index in [0.29, 0.717) is 11.1 Å². The van der Waals surface area contributed by atoms with Crippen LogP contribution >= 0.6 is 0 Å². The van der Waals surface area contributed by atoms with Gasteiger partial charge in [-0.3, -0.25) is 0 Å². The lowest BCUT2D eigenvalue weighted by Crippen LogP contribution is -2.16. The third kappa shape index (κ3) is 2.02. The Bertz CT molecular complexity index is 328. The summed E-state index contributed by atoms with van der Waals surface area (Å²) >= 11 is 0. The summed E-state index contributed by atoms with van der Waals surface area (Å²) in [6.45, 7) is 1.57. The summed E-state index contributed by atoms with van der Waals surface area (Å²) in [5, 5.41) is 8.89. The fourth-order valence-electron chi connectivity index (χ4n) is 1.32. The minimum Gasteiger partial charge on any atom is -0.494 e. The first-order valence-corrected chi connectivity index (χ1v) is 4.30. The van der Waals surface area contributed by atoms with Crippen molar-refractivity contribution in [2.75, 3.05) is 13.7 Å². The van der Waals surface area contributed by atoms with E-state index in [1.165, 1.54) is 19.2 Å². The number of rotatable bonds is 3. The number of aryl methyl sites for hydroxylation is 1. The van der Waals surface area contributed by atoms with Gasteiger partial charge in [0.2, 0.25) is 0 Å². The van der Waals surface area contributed by atoms with E-state index < -0.39 is 11.9 Å². The molecule has 1 rings (SSSR count). The second kappa shape index (κ2) is 4.39. The van der Waals surface area contributed by atoms with Crippen LogP contribution in [0.15, 0.2) is 12.1 Å². The van der Waals surface area contributed by atoms with Crippen molar-refractivity contribution >= 4 is 0 Å². The SMILES string of the molecule is COc1cc(C(N)CO)c(C)cc1F. The van der Waals surface area contributed by atoms with Crippen LogP contribution in [0.4, 0.5) is 4.39 Å². The third-order valence-corrected chi connectivity index (χ3v) is 2.14. The summed E-state index contributed by atoms with van der Waals surface area (Å²) in [6.07, 6.45) is 0. The predicted octanol–water partition coefficient (Wildman–Crippen LogP) is 1.13. The van der Waals surface area contributed by atoms with Gasteiger partial charge < -0.3 is 15.6 Å². The number of ether oxygens (including phenoxy) is 1. The largest absolute Gasteiger partial charge is 0.494 e. The van der Waals surface area contributed by atoms with Gasteiger partial charge in [-0.25, -0.2) is 4.39 Å². The molecule has 0 heterocycles. The summed E-state index contributed by atoms with van der Waals surface area (Å²) in [4.78, 5) is 0. The van der Waals surface area contributed by atoms with Crippen molar-refractivity contribution in [1.29, 1.82) is 0 Å². The molecule has 0 saturated carbocycles.